The Morgan fingerprint density at radius 3 is 2.50 bits per heavy atom. The third-order valence-electron chi connectivity index (χ3n) is 3.20. The van der Waals surface area contributed by atoms with Crippen LogP contribution in [0.4, 0.5) is 5.69 Å². The molecule has 22 heavy (non-hydrogen) atoms. The van der Waals surface area contributed by atoms with E-state index >= 15 is 0 Å². The largest absolute Gasteiger partial charge is 0.478 e. The lowest BCUT2D eigenvalue weighted by molar-refractivity contribution is -0.116. The first-order valence-corrected chi connectivity index (χ1v) is 7.72. The molecule has 0 aromatic heterocycles. The van der Waals surface area contributed by atoms with Gasteiger partial charge in [-0.3, -0.25) is 4.79 Å². The molecular formula is C17H16BrNO3. The van der Waals surface area contributed by atoms with E-state index in [2.05, 4.69) is 21.2 Å². The standard InChI is InChI=1S/C17H16BrNO3/c18-13-9-10-15(14(11-13)17(21)22)19-16(20)8-4-7-12-5-2-1-3-6-12/h1-3,5-6,9-11H,4,7-8H2,(H,19,20)(H,21,22). The zero-order chi connectivity index (χ0) is 15.9. The summed E-state index contributed by atoms with van der Waals surface area (Å²) in [6.07, 6.45) is 1.89. The van der Waals surface area contributed by atoms with Gasteiger partial charge in [-0.1, -0.05) is 46.3 Å². The maximum atomic E-state index is 11.9. The first kappa shape index (κ1) is 16.2. The SMILES string of the molecule is O=C(CCCc1ccccc1)Nc1ccc(Br)cc1C(=O)O. The monoisotopic (exact) mass is 361 g/mol. The first-order chi connectivity index (χ1) is 10.6. The van der Waals surface area contributed by atoms with Gasteiger partial charge in [-0.15, -0.1) is 0 Å². The fraction of sp³-hybridized carbons (Fsp3) is 0.176. The highest BCUT2D eigenvalue weighted by Crippen LogP contribution is 2.21. The Morgan fingerprint density at radius 1 is 1.09 bits per heavy atom. The van der Waals surface area contributed by atoms with Crippen molar-refractivity contribution in [3.63, 3.8) is 0 Å². The van der Waals surface area contributed by atoms with E-state index in [1.165, 1.54) is 11.6 Å². The first-order valence-electron chi connectivity index (χ1n) is 6.93. The lowest BCUT2D eigenvalue weighted by atomic mass is 10.1. The number of nitrogens with one attached hydrogen (secondary N) is 1. The Hall–Kier alpha value is -2.14. The second-order valence-electron chi connectivity index (χ2n) is 4.88. The second kappa shape index (κ2) is 7.75. The number of anilines is 1. The molecule has 4 nitrogen and oxygen atoms in total. The molecule has 0 fully saturated rings. The molecule has 0 unspecified atom stereocenters. The molecule has 0 aliphatic carbocycles. The Morgan fingerprint density at radius 2 is 1.82 bits per heavy atom. The maximum Gasteiger partial charge on any atom is 0.337 e. The van der Waals surface area contributed by atoms with Gasteiger partial charge in [0.05, 0.1) is 11.3 Å². The fourth-order valence-electron chi connectivity index (χ4n) is 2.11. The number of carboxylic acids is 1. The van der Waals surface area contributed by atoms with Crippen LogP contribution in [0.15, 0.2) is 53.0 Å². The van der Waals surface area contributed by atoms with E-state index in [-0.39, 0.29) is 11.5 Å². The van der Waals surface area contributed by atoms with Gasteiger partial charge in [-0.2, -0.15) is 0 Å². The molecule has 0 atom stereocenters. The van der Waals surface area contributed by atoms with Crippen LogP contribution in [0, 0.1) is 0 Å². The van der Waals surface area contributed by atoms with Gasteiger partial charge in [-0.05, 0) is 36.6 Å². The van der Waals surface area contributed by atoms with Crippen LogP contribution in [0.3, 0.4) is 0 Å². The third kappa shape index (κ3) is 4.70. The number of benzene rings is 2. The van der Waals surface area contributed by atoms with Crippen LogP contribution in [0.2, 0.25) is 0 Å². The van der Waals surface area contributed by atoms with Crippen LogP contribution in [-0.4, -0.2) is 17.0 Å². The minimum absolute atomic E-state index is 0.0748. The molecule has 0 bridgehead atoms. The van der Waals surface area contributed by atoms with Crippen LogP contribution in [-0.2, 0) is 11.2 Å². The van der Waals surface area contributed by atoms with Crippen molar-refractivity contribution >= 4 is 33.5 Å². The van der Waals surface area contributed by atoms with Gasteiger partial charge < -0.3 is 10.4 Å². The predicted octanol–water partition coefficient (Wildman–Crippen LogP) is 4.11. The number of aryl methyl sites for hydroxylation is 1. The van der Waals surface area contributed by atoms with Crippen LogP contribution in [0.5, 0.6) is 0 Å². The zero-order valence-corrected chi connectivity index (χ0v) is 13.5. The molecule has 0 aliphatic heterocycles. The van der Waals surface area contributed by atoms with E-state index in [1.54, 1.807) is 12.1 Å². The normalized spacial score (nSPS) is 10.2. The number of carbonyl (C=O) groups is 2. The quantitative estimate of drug-likeness (QED) is 0.813. The van der Waals surface area contributed by atoms with Gasteiger partial charge in [0.1, 0.15) is 0 Å². The van der Waals surface area contributed by atoms with Crippen molar-refractivity contribution in [3.05, 3.63) is 64.1 Å². The molecule has 0 saturated carbocycles. The van der Waals surface area contributed by atoms with Crippen molar-refractivity contribution in [2.75, 3.05) is 5.32 Å². The summed E-state index contributed by atoms with van der Waals surface area (Å²) in [5, 5.41) is 11.8. The lowest BCUT2D eigenvalue weighted by Gasteiger charge is -2.09. The number of amides is 1. The highest BCUT2D eigenvalue weighted by atomic mass is 79.9. The Kier molecular flexibility index (Phi) is 5.72. The number of aromatic carboxylic acids is 1. The van der Waals surface area contributed by atoms with Crippen LogP contribution in [0.1, 0.15) is 28.8 Å². The maximum absolute atomic E-state index is 11.9. The lowest BCUT2D eigenvalue weighted by Crippen LogP contribution is -2.14. The van der Waals surface area contributed by atoms with Crippen molar-refractivity contribution in [1.29, 1.82) is 0 Å². The van der Waals surface area contributed by atoms with Gasteiger partial charge in [0.2, 0.25) is 5.91 Å². The molecule has 2 aromatic carbocycles. The molecule has 0 saturated heterocycles. The van der Waals surface area contributed by atoms with Crippen LogP contribution in [0.25, 0.3) is 0 Å². The highest BCUT2D eigenvalue weighted by molar-refractivity contribution is 9.10. The van der Waals surface area contributed by atoms with Crippen LogP contribution >= 0.6 is 15.9 Å². The molecule has 0 aliphatic rings. The summed E-state index contributed by atoms with van der Waals surface area (Å²) in [5.41, 5.74) is 1.58. The molecule has 0 radical (unpaired) electrons. The topological polar surface area (TPSA) is 66.4 Å². The minimum atomic E-state index is -1.07. The van der Waals surface area contributed by atoms with E-state index in [0.29, 0.717) is 16.6 Å². The van der Waals surface area contributed by atoms with Crippen molar-refractivity contribution in [2.45, 2.75) is 19.3 Å². The second-order valence-corrected chi connectivity index (χ2v) is 5.80. The number of hydrogen-bond donors (Lipinski definition) is 2. The van der Waals surface area contributed by atoms with Gasteiger partial charge in [0.25, 0.3) is 0 Å². The molecule has 1 amide bonds. The van der Waals surface area contributed by atoms with Crippen molar-refractivity contribution < 1.29 is 14.7 Å². The summed E-state index contributed by atoms with van der Waals surface area (Å²) in [4.78, 5) is 23.1. The average molecular weight is 362 g/mol. The van der Waals surface area contributed by atoms with Gasteiger partial charge >= 0.3 is 5.97 Å². The predicted molar refractivity (Wildman–Crippen MR) is 89.1 cm³/mol. The molecule has 0 heterocycles. The highest BCUT2D eigenvalue weighted by Gasteiger charge is 2.12. The zero-order valence-electron chi connectivity index (χ0n) is 11.9. The summed E-state index contributed by atoms with van der Waals surface area (Å²) in [6.45, 7) is 0. The molecule has 2 aromatic rings. The van der Waals surface area contributed by atoms with Crippen molar-refractivity contribution in [3.8, 4) is 0 Å². The smallest absolute Gasteiger partial charge is 0.337 e. The Balaban J connectivity index is 1.91. The molecule has 2 rings (SSSR count). The fourth-order valence-corrected chi connectivity index (χ4v) is 2.47. The molecule has 5 heteroatoms. The average Bonchev–Trinajstić information content (AvgIpc) is 2.50. The molecular weight excluding hydrogens is 346 g/mol. The summed E-state index contributed by atoms with van der Waals surface area (Å²) < 4.78 is 0.659. The number of carboxylic acid groups (broad SMARTS) is 1. The minimum Gasteiger partial charge on any atom is -0.478 e. The summed E-state index contributed by atoms with van der Waals surface area (Å²) in [6, 6.07) is 14.7. The summed E-state index contributed by atoms with van der Waals surface area (Å²) in [7, 11) is 0. The Bertz CT molecular complexity index is 671. The van der Waals surface area contributed by atoms with E-state index in [1.807, 2.05) is 30.3 Å². The molecule has 0 spiro atoms. The van der Waals surface area contributed by atoms with E-state index in [0.717, 1.165) is 12.8 Å². The van der Waals surface area contributed by atoms with Gasteiger partial charge in [-0.25, -0.2) is 4.79 Å². The van der Waals surface area contributed by atoms with Gasteiger partial charge in [0, 0.05) is 10.9 Å². The Labute approximate surface area is 137 Å². The third-order valence-corrected chi connectivity index (χ3v) is 3.69. The van der Waals surface area contributed by atoms with Crippen molar-refractivity contribution in [2.24, 2.45) is 0 Å². The summed E-state index contributed by atoms with van der Waals surface area (Å²) in [5.74, 6) is -1.25. The van der Waals surface area contributed by atoms with Gasteiger partial charge in [0.15, 0.2) is 0 Å². The van der Waals surface area contributed by atoms with Crippen molar-refractivity contribution in [1.82, 2.24) is 0 Å². The summed E-state index contributed by atoms with van der Waals surface area (Å²) >= 11 is 3.22. The molecule has 2 N–H and O–H groups in total. The van der Waals surface area contributed by atoms with E-state index < -0.39 is 5.97 Å². The number of rotatable bonds is 6. The molecule has 114 valence electrons. The van der Waals surface area contributed by atoms with E-state index in [9.17, 15) is 9.59 Å². The van der Waals surface area contributed by atoms with E-state index in [4.69, 9.17) is 5.11 Å². The van der Waals surface area contributed by atoms with Crippen LogP contribution < -0.4 is 5.32 Å². The number of hydrogen-bond acceptors (Lipinski definition) is 2. The number of halogens is 1. The number of carbonyl (C=O) groups excluding carboxylic acids is 1.